The first-order valence-corrected chi connectivity index (χ1v) is 5.08. The number of hydrogen-bond acceptors (Lipinski definition) is 1. The summed E-state index contributed by atoms with van der Waals surface area (Å²) in [4.78, 5) is 2.44. The van der Waals surface area contributed by atoms with Crippen molar-refractivity contribution in [1.82, 2.24) is 4.90 Å². The summed E-state index contributed by atoms with van der Waals surface area (Å²) < 4.78 is 0. The van der Waals surface area contributed by atoms with E-state index in [4.69, 9.17) is 0 Å². The highest BCUT2D eigenvalue weighted by Gasteiger charge is 2.10. The maximum Gasteiger partial charge on any atom is 0.00131 e. The van der Waals surface area contributed by atoms with Crippen molar-refractivity contribution >= 4 is 0 Å². The summed E-state index contributed by atoms with van der Waals surface area (Å²) in [6.07, 6.45) is 6.23. The molecule has 0 aromatic heterocycles. The van der Waals surface area contributed by atoms with E-state index in [0.29, 0.717) is 0 Å². The summed E-state index contributed by atoms with van der Waals surface area (Å²) in [5, 5.41) is 0. The Morgan fingerprint density at radius 3 is 3.00 bits per heavy atom. The van der Waals surface area contributed by atoms with Crippen LogP contribution in [0.4, 0.5) is 0 Å². The Morgan fingerprint density at radius 1 is 1.58 bits per heavy atom. The van der Waals surface area contributed by atoms with Crippen LogP contribution in [0, 0.1) is 5.92 Å². The van der Waals surface area contributed by atoms with E-state index in [1.807, 2.05) is 0 Å². The first-order chi connectivity index (χ1) is 5.72. The Labute approximate surface area is 76.5 Å². The van der Waals surface area contributed by atoms with Gasteiger partial charge in [-0.15, -0.1) is 0 Å². The molecule has 0 fully saturated rings. The van der Waals surface area contributed by atoms with Crippen LogP contribution < -0.4 is 0 Å². The molecule has 1 aliphatic rings. The normalized spacial score (nSPS) is 27.6. The van der Waals surface area contributed by atoms with Gasteiger partial charge in [-0.2, -0.15) is 0 Å². The lowest BCUT2D eigenvalue weighted by Crippen LogP contribution is -2.26. The fraction of sp³-hybridized carbons (Fsp3) is 0.818. The molecule has 1 heteroatoms. The number of hydrogen-bond donors (Lipinski definition) is 0. The quantitative estimate of drug-likeness (QED) is 0.543. The van der Waals surface area contributed by atoms with E-state index in [0.717, 1.165) is 5.92 Å². The van der Waals surface area contributed by atoms with Gasteiger partial charge in [-0.1, -0.05) is 25.5 Å². The summed E-state index contributed by atoms with van der Waals surface area (Å²) in [6, 6.07) is 0. The third-order valence-corrected chi connectivity index (χ3v) is 2.63. The van der Waals surface area contributed by atoms with Crippen molar-refractivity contribution in [2.24, 2.45) is 5.92 Å². The van der Waals surface area contributed by atoms with Gasteiger partial charge in [0, 0.05) is 13.1 Å². The molecule has 0 bridgehead atoms. The molecular formula is C11H21N. The molecule has 0 radical (unpaired) electrons. The zero-order chi connectivity index (χ0) is 8.97. The van der Waals surface area contributed by atoms with Crippen molar-refractivity contribution in [3.05, 3.63) is 11.6 Å². The smallest absolute Gasteiger partial charge is 0.00131 e. The van der Waals surface area contributed by atoms with Crippen LogP contribution in [0.1, 0.15) is 33.1 Å². The molecule has 0 N–H and O–H groups in total. The van der Waals surface area contributed by atoms with Crippen LogP contribution in [-0.2, 0) is 0 Å². The van der Waals surface area contributed by atoms with Gasteiger partial charge < -0.3 is 4.90 Å². The summed E-state index contributed by atoms with van der Waals surface area (Å²) in [5.74, 6) is 0.835. The largest absolute Gasteiger partial charge is 0.306 e. The highest BCUT2D eigenvalue weighted by atomic mass is 15.1. The molecule has 0 spiro atoms. The fourth-order valence-corrected chi connectivity index (χ4v) is 2.00. The molecule has 1 rings (SSSR count). The minimum Gasteiger partial charge on any atom is -0.306 e. The van der Waals surface area contributed by atoms with E-state index >= 15 is 0 Å². The monoisotopic (exact) mass is 167 g/mol. The van der Waals surface area contributed by atoms with Gasteiger partial charge in [0.1, 0.15) is 0 Å². The molecule has 0 aliphatic carbocycles. The summed E-state index contributed by atoms with van der Waals surface area (Å²) >= 11 is 0. The lowest BCUT2D eigenvalue weighted by atomic mass is 9.96. The van der Waals surface area contributed by atoms with Gasteiger partial charge >= 0.3 is 0 Å². The number of nitrogens with zero attached hydrogens (tertiary/aromatic N) is 1. The molecule has 1 aliphatic heterocycles. The average molecular weight is 167 g/mol. The van der Waals surface area contributed by atoms with Gasteiger partial charge in [-0.3, -0.25) is 0 Å². The second kappa shape index (κ2) is 4.66. The van der Waals surface area contributed by atoms with Crippen LogP contribution in [-0.4, -0.2) is 25.0 Å². The third-order valence-electron chi connectivity index (χ3n) is 2.63. The summed E-state index contributed by atoms with van der Waals surface area (Å²) in [5.41, 5.74) is 1.66. The van der Waals surface area contributed by atoms with E-state index < -0.39 is 0 Å². The van der Waals surface area contributed by atoms with Crippen LogP contribution in [0.3, 0.4) is 0 Å². The standard InChI is InChI=1S/C11H21N/c1-4-11-6-5-7-12(3)9-10(2)8-11/h6,10H,4-5,7-9H2,1-3H3/t10-/m0/s1. The predicted molar refractivity (Wildman–Crippen MR) is 54.3 cm³/mol. The molecule has 1 atom stereocenters. The maximum atomic E-state index is 2.44. The van der Waals surface area contributed by atoms with E-state index in [1.165, 1.54) is 32.4 Å². The number of allylic oxidation sites excluding steroid dienone is 1. The minimum absolute atomic E-state index is 0.835. The van der Waals surface area contributed by atoms with Gasteiger partial charge in [0.25, 0.3) is 0 Å². The van der Waals surface area contributed by atoms with Crippen molar-refractivity contribution < 1.29 is 0 Å². The van der Waals surface area contributed by atoms with E-state index in [2.05, 4.69) is 31.9 Å². The topological polar surface area (TPSA) is 3.24 Å². The van der Waals surface area contributed by atoms with Crippen molar-refractivity contribution in [1.29, 1.82) is 0 Å². The van der Waals surface area contributed by atoms with Gasteiger partial charge in [0.2, 0.25) is 0 Å². The molecule has 12 heavy (non-hydrogen) atoms. The van der Waals surface area contributed by atoms with Gasteiger partial charge in [0.05, 0.1) is 0 Å². The Morgan fingerprint density at radius 2 is 2.33 bits per heavy atom. The first-order valence-electron chi connectivity index (χ1n) is 5.08. The third kappa shape index (κ3) is 2.98. The van der Waals surface area contributed by atoms with Crippen molar-refractivity contribution in [2.45, 2.75) is 33.1 Å². The SMILES string of the molecule is CCC1=CCCN(C)C[C@@H](C)C1. The zero-order valence-corrected chi connectivity index (χ0v) is 8.64. The molecule has 0 aromatic carbocycles. The van der Waals surface area contributed by atoms with Crippen molar-refractivity contribution in [2.75, 3.05) is 20.1 Å². The first kappa shape index (κ1) is 9.79. The van der Waals surface area contributed by atoms with E-state index in [9.17, 15) is 0 Å². The lowest BCUT2D eigenvalue weighted by molar-refractivity contribution is 0.283. The van der Waals surface area contributed by atoms with Crippen LogP contribution in [0.2, 0.25) is 0 Å². The summed E-state index contributed by atoms with van der Waals surface area (Å²) in [6.45, 7) is 7.11. The van der Waals surface area contributed by atoms with E-state index in [-0.39, 0.29) is 0 Å². The van der Waals surface area contributed by atoms with Crippen molar-refractivity contribution in [3.8, 4) is 0 Å². The molecule has 0 unspecified atom stereocenters. The highest BCUT2D eigenvalue weighted by Crippen LogP contribution is 2.18. The highest BCUT2D eigenvalue weighted by molar-refractivity contribution is 5.03. The fourth-order valence-electron chi connectivity index (χ4n) is 2.00. The molecule has 1 nitrogen and oxygen atoms in total. The Bertz CT molecular complexity index is 160. The van der Waals surface area contributed by atoms with E-state index in [1.54, 1.807) is 5.57 Å². The minimum atomic E-state index is 0.835. The summed E-state index contributed by atoms with van der Waals surface area (Å²) in [7, 11) is 2.22. The Balaban J connectivity index is 2.53. The second-order valence-electron chi connectivity index (χ2n) is 4.08. The predicted octanol–water partition coefficient (Wildman–Crippen LogP) is 2.68. The number of rotatable bonds is 1. The van der Waals surface area contributed by atoms with Crippen LogP contribution in [0.25, 0.3) is 0 Å². The molecule has 70 valence electrons. The van der Waals surface area contributed by atoms with Gasteiger partial charge in [0.15, 0.2) is 0 Å². The maximum absolute atomic E-state index is 2.44. The molecule has 1 heterocycles. The lowest BCUT2D eigenvalue weighted by Gasteiger charge is -2.24. The second-order valence-corrected chi connectivity index (χ2v) is 4.08. The molecular weight excluding hydrogens is 146 g/mol. The van der Waals surface area contributed by atoms with Gasteiger partial charge in [-0.05, 0) is 32.2 Å². The molecule has 0 amide bonds. The molecule has 0 aromatic rings. The van der Waals surface area contributed by atoms with Crippen LogP contribution in [0.15, 0.2) is 11.6 Å². The van der Waals surface area contributed by atoms with Crippen LogP contribution in [0.5, 0.6) is 0 Å². The Hall–Kier alpha value is -0.300. The molecule has 0 saturated heterocycles. The van der Waals surface area contributed by atoms with Gasteiger partial charge in [-0.25, -0.2) is 0 Å². The Kier molecular flexibility index (Phi) is 3.80. The molecule has 0 saturated carbocycles. The average Bonchev–Trinajstić information content (AvgIpc) is 1.99. The van der Waals surface area contributed by atoms with Crippen LogP contribution >= 0.6 is 0 Å². The van der Waals surface area contributed by atoms with Crippen molar-refractivity contribution in [3.63, 3.8) is 0 Å². The zero-order valence-electron chi connectivity index (χ0n) is 8.64.